The fourth-order valence-corrected chi connectivity index (χ4v) is 12.0. The van der Waals surface area contributed by atoms with E-state index < -0.39 is 0 Å². The Kier molecular flexibility index (Phi) is 20.2. The molecule has 0 unspecified atom stereocenters. The first-order valence-corrected chi connectivity index (χ1v) is 30.8. The van der Waals surface area contributed by atoms with Crippen LogP contribution in [0.3, 0.4) is 0 Å². The van der Waals surface area contributed by atoms with E-state index in [0.29, 0.717) is 0 Å². The summed E-state index contributed by atoms with van der Waals surface area (Å²) >= 11 is 0. The monoisotopic (exact) mass is 1150 g/mol. The highest BCUT2D eigenvalue weighted by Gasteiger charge is 2.20. The summed E-state index contributed by atoms with van der Waals surface area (Å²) in [7, 11) is 8.46. The van der Waals surface area contributed by atoms with Gasteiger partial charge in [0, 0.05) is 69.3 Å². The molecule has 0 spiro atoms. The van der Waals surface area contributed by atoms with E-state index in [1.165, 1.54) is 156 Å². The van der Waals surface area contributed by atoms with E-state index in [4.69, 9.17) is 0 Å². The van der Waals surface area contributed by atoms with E-state index in [0.717, 1.165) is 0 Å². The highest BCUT2D eigenvalue weighted by Crippen LogP contribution is 2.35. The maximum absolute atomic E-state index is 2.34. The molecular formula is C84H88N4+4. The SMILES string of the molecule is Cc1cc(-c2cc(-c3ccccc3)c(C)cc2C)[n+](C)cc1C.Cc1cc(-c2cc(-c3ccccc3)ccc2C)[n+](C)cc1C.Cc1cc(C)c(-c2cccc[n+]2C)cc1-c1ccccc1.Cc1ccc(-c2cc(-c3ccccc3)c(C)cc2C)[n+](C)c1. The molecule has 4 heteroatoms. The van der Waals surface area contributed by atoms with Gasteiger partial charge in [-0.3, -0.25) is 0 Å². The van der Waals surface area contributed by atoms with Gasteiger partial charge < -0.3 is 0 Å². The van der Waals surface area contributed by atoms with Crippen LogP contribution in [0.1, 0.15) is 66.8 Å². The number of aromatic nitrogens is 4. The number of hydrogen-bond donors (Lipinski definition) is 0. The summed E-state index contributed by atoms with van der Waals surface area (Å²) in [5.74, 6) is 0. The van der Waals surface area contributed by atoms with E-state index >= 15 is 0 Å². The summed E-state index contributed by atoms with van der Waals surface area (Å²) in [5, 5.41) is 0. The van der Waals surface area contributed by atoms with Gasteiger partial charge in [0.2, 0.25) is 22.8 Å². The number of pyridine rings is 4. The summed E-state index contributed by atoms with van der Waals surface area (Å²) in [4.78, 5) is 0. The van der Waals surface area contributed by atoms with E-state index in [1.807, 2.05) is 0 Å². The zero-order valence-corrected chi connectivity index (χ0v) is 54.9. The maximum Gasteiger partial charge on any atom is 0.212 e. The second-order valence-corrected chi connectivity index (χ2v) is 24.1. The number of aryl methyl sites for hydroxylation is 16. The lowest BCUT2D eigenvalue weighted by Gasteiger charge is -2.12. The van der Waals surface area contributed by atoms with Gasteiger partial charge in [-0.25, -0.2) is 18.3 Å². The van der Waals surface area contributed by atoms with Gasteiger partial charge in [0.25, 0.3) is 0 Å². The third kappa shape index (κ3) is 14.8. The van der Waals surface area contributed by atoms with Gasteiger partial charge in [-0.05, 0) is 214 Å². The molecule has 4 heterocycles. The minimum Gasteiger partial charge on any atom is -0.201 e. The molecule has 8 aromatic carbocycles. The van der Waals surface area contributed by atoms with Crippen LogP contribution in [-0.2, 0) is 28.2 Å². The molecule has 12 aromatic rings. The Hall–Kier alpha value is -9.64. The smallest absolute Gasteiger partial charge is 0.201 e. The van der Waals surface area contributed by atoms with Crippen molar-refractivity contribution in [2.45, 2.75) is 83.1 Å². The van der Waals surface area contributed by atoms with E-state index in [9.17, 15) is 0 Å². The van der Waals surface area contributed by atoms with Crippen LogP contribution in [0.25, 0.3) is 89.5 Å². The van der Waals surface area contributed by atoms with Gasteiger partial charge in [0.1, 0.15) is 28.2 Å². The van der Waals surface area contributed by atoms with Crippen molar-refractivity contribution in [2.24, 2.45) is 28.2 Å². The van der Waals surface area contributed by atoms with E-state index in [2.05, 4.69) is 373 Å². The Morgan fingerprint density at radius 2 is 0.534 bits per heavy atom. The van der Waals surface area contributed by atoms with Crippen LogP contribution in [0, 0.1) is 83.1 Å². The number of benzene rings is 8. The Morgan fingerprint density at radius 1 is 0.193 bits per heavy atom. The predicted octanol–water partition coefficient (Wildman–Crippen LogP) is 19.1. The average molecular weight is 1150 g/mol. The molecule has 0 fully saturated rings. The first kappa shape index (κ1) is 62.9. The molecule has 0 radical (unpaired) electrons. The maximum atomic E-state index is 2.34. The Labute approximate surface area is 526 Å². The van der Waals surface area contributed by atoms with E-state index in [1.54, 1.807) is 0 Å². The Bertz CT molecular complexity index is 4410. The first-order chi connectivity index (χ1) is 42.3. The highest BCUT2D eigenvalue weighted by molar-refractivity contribution is 5.79. The van der Waals surface area contributed by atoms with Crippen LogP contribution in [0.5, 0.6) is 0 Å². The minimum absolute atomic E-state index is 1.24. The minimum atomic E-state index is 1.24. The van der Waals surface area contributed by atoms with Crippen LogP contribution < -0.4 is 18.3 Å². The summed E-state index contributed by atoms with van der Waals surface area (Å²) in [5.41, 5.74) is 36.3. The molecule has 0 aliphatic heterocycles. The first-order valence-electron chi connectivity index (χ1n) is 30.8. The van der Waals surface area contributed by atoms with Gasteiger partial charge in [-0.2, -0.15) is 0 Å². The largest absolute Gasteiger partial charge is 0.212 e. The molecule has 0 aliphatic rings. The standard InChI is InChI=1S/C22H24N.2C21H22N.C20H20N/c1-15-12-22(23(5)14-18(15)4)21-13-20(16(2)11-17(21)3)19-9-7-6-8-10-19;1-15-10-11-19(18-8-6-5-7-9-18)13-20(15)21-12-16(2)17(3)14-22(21)4;1-15-10-11-21(22(4)14-15)20-13-19(16(2)12-17(20)3)18-8-6-5-7-9-18;1-15-13-16(2)19(20-11-7-8-12-21(20)3)14-18(15)17-9-5-4-6-10-17/h6-14H,1-5H3;2*5-14H,1-4H3;4-14H,1-3H3/q4*+1. The third-order valence-electron chi connectivity index (χ3n) is 17.2. The lowest BCUT2D eigenvalue weighted by Crippen LogP contribution is -2.31. The van der Waals surface area contributed by atoms with Crippen molar-refractivity contribution in [1.29, 1.82) is 0 Å². The van der Waals surface area contributed by atoms with Gasteiger partial charge in [0.05, 0.1) is 0 Å². The van der Waals surface area contributed by atoms with Crippen molar-refractivity contribution >= 4 is 0 Å². The van der Waals surface area contributed by atoms with Crippen molar-refractivity contribution in [3.63, 3.8) is 0 Å². The van der Waals surface area contributed by atoms with Crippen LogP contribution in [0.2, 0.25) is 0 Å². The van der Waals surface area contributed by atoms with Gasteiger partial charge in [-0.15, -0.1) is 0 Å². The van der Waals surface area contributed by atoms with Crippen molar-refractivity contribution in [3.8, 4) is 89.5 Å². The molecule has 0 atom stereocenters. The fraction of sp³-hybridized carbons (Fsp3) is 0.190. The summed E-state index contributed by atoms with van der Waals surface area (Å²) in [6.45, 7) is 26.1. The van der Waals surface area contributed by atoms with Crippen LogP contribution in [0.15, 0.2) is 243 Å². The summed E-state index contributed by atoms with van der Waals surface area (Å²) in [6.07, 6.45) is 8.69. The second kappa shape index (κ2) is 28.3. The zero-order chi connectivity index (χ0) is 62.8. The molecule has 12 rings (SSSR count). The molecule has 0 saturated carbocycles. The molecule has 0 amide bonds. The van der Waals surface area contributed by atoms with Crippen molar-refractivity contribution < 1.29 is 18.3 Å². The van der Waals surface area contributed by atoms with Crippen molar-refractivity contribution in [2.75, 3.05) is 0 Å². The summed E-state index contributed by atoms with van der Waals surface area (Å²) < 4.78 is 8.84. The molecule has 0 bridgehead atoms. The zero-order valence-electron chi connectivity index (χ0n) is 54.9. The molecule has 88 heavy (non-hydrogen) atoms. The number of hydrogen-bond acceptors (Lipinski definition) is 0. The summed E-state index contributed by atoms with van der Waals surface area (Å²) in [6, 6.07) is 78.3. The van der Waals surface area contributed by atoms with Crippen LogP contribution >= 0.6 is 0 Å². The lowest BCUT2D eigenvalue weighted by atomic mass is 9.93. The van der Waals surface area contributed by atoms with E-state index in [-0.39, 0.29) is 0 Å². The fourth-order valence-electron chi connectivity index (χ4n) is 12.0. The van der Waals surface area contributed by atoms with Crippen LogP contribution in [-0.4, -0.2) is 0 Å². The lowest BCUT2D eigenvalue weighted by molar-refractivity contribution is -0.660. The van der Waals surface area contributed by atoms with Crippen molar-refractivity contribution in [1.82, 2.24) is 0 Å². The quantitative estimate of drug-likeness (QED) is 0.135. The molecular weight excluding hydrogens is 1060 g/mol. The topological polar surface area (TPSA) is 15.5 Å². The molecule has 4 aromatic heterocycles. The Morgan fingerprint density at radius 3 is 0.932 bits per heavy atom. The average Bonchev–Trinajstić information content (AvgIpc) is 2.83. The second-order valence-electron chi connectivity index (χ2n) is 24.1. The normalized spacial score (nSPS) is 10.7. The van der Waals surface area contributed by atoms with Crippen molar-refractivity contribution in [3.05, 3.63) is 310 Å². The predicted molar refractivity (Wildman–Crippen MR) is 371 cm³/mol. The van der Waals surface area contributed by atoms with Gasteiger partial charge >= 0.3 is 0 Å². The van der Waals surface area contributed by atoms with Gasteiger partial charge in [0.15, 0.2) is 24.8 Å². The molecule has 440 valence electrons. The molecule has 0 aliphatic carbocycles. The van der Waals surface area contributed by atoms with Gasteiger partial charge in [-0.1, -0.05) is 152 Å². The highest BCUT2D eigenvalue weighted by atomic mass is 14.9. The third-order valence-corrected chi connectivity index (χ3v) is 17.2. The van der Waals surface area contributed by atoms with Crippen LogP contribution in [0.4, 0.5) is 0 Å². The molecule has 0 N–H and O–H groups in total. The number of nitrogens with zero attached hydrogens (tertiary/aromatic N) is 4. The Balaban J connectivity index is 0.000000140. The molecule has 4 nitrogen and oxygen atoms in total. The molecule has 0 saturated heterocycles. The number of rotatable bonds is 8.